The number of likely N-dealkylation sites (N-methyl/N-ethyl adjacent to an activating group) is 1. The van der Waals surface area contributed by atoms with Crippen LogP contribution in [0.25, 0.3) is 0 Å². The average molecular weight is 1380 g/mol. The lowest BCUT2D eigenvalue weighted by Gasteiger charge is -2.24. The quantitative estimate of drug-likeness (QED) is 0.0211. The van der Waals surface area contributed by atoms with Crippen molar-refractivity contribution in [3.63, 3.8) is 0 Å². The number of phosphoric acid groups is 1. The number of hydrogen-bond donors (Lipinski definition) is 1. The minimum atomic E-state index is -4.41. The summed E-state index contributed by atoms with van der Waals surface area (Å²) < 4.78 is 34.8. The predicted octanol–water partition coefficient (Wildman–Crippen LogP) is 27.3. The smallest absolute Gasteiger partial charge is 0.462 e. The molecule has 0 fully saturated rings. The molecule has 98 heavy (non-hydrogen) atoms. The minimum absolute atomic E-state index is 0.0206. The van der Waals surface area contributed by atoms with E-state index in [1.165, 1.54) is 199 Å². The van der Waals surface area contributed by atoms with Gasteiger partial charge in [0.1, 0.15) is 19.8 Å². The van der Waals surface area contributed by atoms with Gasteiger partial charge in [0.05, 0.1) is 27.7 Å². The van der Waals surface area contributed by atoms with Crippen molar-refractivity contribution >= 4 is 19.8 Å². The normalized spacial score (nSPS) is 13.8. The molecule has 562 valence electrons. The topological polar surface area (TPSA) is 108 Å². The monoisotopic (exact) mass is 1380 g/mol. The number of phosphoric ester groups is 1. The third-order valence-corrected chi connectivity index (χ3v) is 18.3. The van der Waals surface area contributed by atoms with E-state index < -0.39 is 26.5 Å². The molecule has 0 heterocycles. The molecule has 2 atom stereocenters. The summed E-state index contributed by atoms with van der Waals surface area (Å²) in [6, 6.07) is 0. The van der Waals surface area contributed by atoms with E-state index in [0.717, 1.165) is 116 Å². The maximum Gasteiger partial charge on any atom is 0.472 e. The Morgan fingerprint density at radius 3 is 0.867 bits per heavy atom. The van der Waals surface area contributed by atoms with Gasteiger partial charge in [-0.3, -0.25) is 18.6 Å². The number of quaternary nitrogens is 1. The first-order valence-corrected chi connectivity index (χ1v) is 42.1. The molecule has 9 nitrogen and oxygen atoms in total. The maximum absolute atomic E-state index is 12.9. The molecule has 0 bridgehead atoms. The van der Waals surface area contributed by atoms with E-state index in [4.69, 9.17) is 18.5 Å². The second-order valence-corrected chi connectivity index (χ2v) is 29.5. The first-order chi connectivity index (χ1) is 48.0. The van der Waals surface area contributed by atoms with Gasteiger partial charge in [0.25, 0.3) is 0 Å². The second-order valence-electron chi connectivity index (χ2n) is 28.1. The standard InChI is InChI=1S/C88H152NO8P/c1-6-8-10-12-14-16-18-20-22-24-26-28-30-32-34-36-38-40-42-43-44-45-47-48-50-52-54-56-58-60-62-64-66-68-70-72-74-76-78-80-87(90)94-84-86(85-96-98(92,93)95-83-82-89(3,4)5)97-88(91)81-79-77-75-73-71-69-67-65-63-61-59-57-55-53-51-49-46-41-39-37-35-33-31-29-27-25-23-21-19-17-15-13-11-9-7-2/h9,11,15,17-18,20-21,23-24,26-27,29,33,35,39,41,49,51,55,57,61,63,67,69,86H,6-8,10,12-14,16,19,22,25,28,30-32,34,36-38,40,42-48,50,52-54,56,58-60,62,64-66,68,70-85H2,1-5H3/p+1/b11-9-,17-15-,20-18-,23-21-,26-24-,29-27-,35-33-,41-39-,51-49-,57-55-,63-61-,69-67-. The molecule has 0 aliphatic rings. The fourth-order valence-electron chi connectivity index (χ4n) is 11.2. The summed E-state index contributed by atoms with van der Waals surface area (Å²) in [6.07, 6.45) is 114. The van der Waals surface area contributed by atoms with Crippen LogP contribution in [-0.2, 0) is 32.7 Å². The van der Waals surface area contributed by atoms with Crippen LogP contribution in [0.4, 0.5) is 0 Å². The number of esters is 2. The zero-order valence-electron chi connectivity index (χ0n) is 64.2. The summed E-state index contributed by atoms with van der Waals surface area (Å²) in [6.45, 7) is 4.30. The third kappa shape index (κ3) is 80.9. The number of nitrogens with zero attached hydrogens (tertiary/aromatic N) is 1. The number of ether oxygens (including phenoxy) is 2. The third-order valence-electron chi connectivity index (χ3n) is 17.4. The fourth-order valence-corrected chi connectivity index (χ4v) is 11.9. The molecule has 0 saturated carbocycles. The SMILES string of the molecule is CC/C=C\C/C=C\C/C=C\C/C=C\C/C=C\C/C=C\C/C=C\C/C=C\C/C=C\C/C=C\CCCCCCC(=O)OC(COC(=O)CCCCCCCCCCCCCCCCCCCCCCCCCCCCC/C=C\C/C=C\CCCCCCC)COP(=O)(O)OCC[N+](C)(C)C. The van der Waals surface area contributed by atoms with E-state index in [1.54, 1.807) is 0 Å². The fraction of sp³-hybridized carbons (Fsp3) is 0.705. The van der Waals surface area contributed by atoms with Crippen molar-refractivity contribution < 1.29 is 42.1 Å². The van der Waals surface area contributed by atoms with E-state index in [0.29, 0.717) is 17.4 Å². The van der Waals surface area contributed by atoms with E-state index in [2.05, 4.69) is 160 Å². The first kappa shape index (κ1) is 93.9. The van der Waals surface area contributed by atoms with Crippen LogP contribution in [0, 0.1) is 0 Å². The van der Waals surface area contributed by atoms with Crippen LogP contribution in [-0.4, -0.2) is 74.9 Å². The number of rotatable bonds is 74. The molecule has 0 aromatic heterocycles. The molecule has 0 saturated heterocycles. The van der Waals surface area contributed by atoms with Gasteiger partial charge in [-0.25, -0.2) is 4.57 Å². The van der Waals surface area contributed by atoms with Crippen molar-refractivity contribution in [3.8, 4) is 0 Å². The summed E-state index contributed by atoms with van der Waals surface area (Å²) >= 11 is 0. The van der Waals surface area contributed by atoms with Gasteiger partial charge in [-0.15, -0.1) is 0 Å². The van der Waals surface area contributed by atoms with Crippen LogP contribution in [0.5, 0.6) is 0 Å². The van der Waals surface area contributed by atoms with Gasteiger partial charge in [0, 0.05) is 12.8 Å². The average Bonchev–Trinajstić information content (AvgIpc) is 1.08. The van der Waals surface area contributed by atoms with Crippen LogP contribution in [0.1, 0.15) is 348 Å². The van der Waals surface area contributed by atoms with Gasteiger partial charge >= 0.3 is 19.8 Å². The Kier molecular flexibility index (Phi) is 73.8. The molecule has 0 spiro atoms. The van der Waals surface area contributed by atoms with Gasteiger partial charge in [0.15, 0.2) is 6.10 Å². The van der Waals surface area contributed by atoms with Crippen LogP contribution < -0.4 is 0 Å². The first-order valence-electron chi connectivity index (χ1n) is 40.6. The Morgan fingerprint density at radius 1 is 0.327 bits per heavy atom. The van der Waals surface area contributed by atoms with E-state index in [1.807, 2.05) is 21.1 Å². The zero-order valence-corrected chi connectivity index (χ0v) is 65.1. The Bertz CT molecular complexity index is 2170. The van der Waals surface area contributed by atoms with Crippen molar-refractivity contribution in [2.45, 2.75) is 354 Å². The Labute approximate surface area is 605 Å². The highest BCUT2D eigenvalue weighted by Gasteiger charge is 2.27. The predicted molar refractivity (Wildman–Crippen MR) is 427 cm³/mol. The molecule has 0 aliphatic heterocycles. The summed E-state index contributed by atoms with van der Waals surface area (Å²) in [4.78, 5) is 36.0. The Balaban J connectivity index is 4.03. The van der Waals surface area contributed by atoms with Gasteiger partial charge in [-0.2, -0.15) is 0 Å². The number of hydrogen-bond acceptors (Lipinski definition) is 7. The number of carbonyl (C=O) groups excluding carboxylic acids is 2. The highest BCUT2D eigenvalue weighted by Crippen LogP contribution is 2.43. The van der Waals surface area contributed by atoms with Gasteiger partial charge in [0.2, 0.25) is 0 Å². The molecule has 0 radical (unpaired) electrons. The Morgan fingerprint density at radius 2 is 0.582 bits per heavy atom. The van der Waals surface area contributed by atoms with Crippen molar-refractivity contribution in [1.29, 1.82) is 0 Å². The van der Waals surface area contributed by atoms with Crippen molar-refractivity contribution in [2.75, 3.05) is 47.5 Å². The second kappa shape index (κ2) is 77.1. The molecule has 0 rings (SSSR count). The van der Waals surface area contributed by atoms with Gasteiger partial charge < -0.3 is 18.9 Å². The molecule has 10 heteroatoms. The van der Waals surface area contributed by atoms with E-state index in [-0.39, 0.29) is 32.0 Å². The summed E-state index contributed by atoms with van der Waals surface area (Å²) in [7, 11) is 1.45. The molecular formula is C88H153NO8P+. The summed E-state index contributed by atoms with van der Waals surface area (Å²) in [5.41, 5.74) is 0. The van der Waals surface area contributed by atoms with Crippen molar-refractivity contribution in [2.24, 2.45) is 0 Å². The number of carbonyl (C=O) groups is 2. The molecular weight excluding hydrogens is 1230 g/mol. The number of allylic oxidation sites excluding steroid dienone is 24. The summed E-state index contributed by atoms with van der Waals surface area (Å²) in [5, 5.41) is 0. The van der Waals surface area contributed by atoms with E-state index >= 15 is 0 Å². The highest BCUT2D eigenvalue weighted by atomic mass is 31.2. The maximum atomic E-state index is 12.9. The minimum Gasteiger partial charge on any atom is -0.462 e. The van der Waals surface area contributed by atoms with Crippen LogP contribution >= 0.6 is 7.82 Å². The number of unbranched alkanes of at least 4 members (excludes halogenated alkanes) is 36. The van der Waals surface area contributed by atoms with Crippen molar-refractivity contribution in [1.82, 2.24) is 0 Å². The lowest BCUT2D eigenvalue weighted by molar-refractivity contribution is -0.870. The molecule has 0 aromatic carbocycles. The Hall–Kier alpha value is -4.11. The molecule has 2 unspecified atom stereocenters. The molecule has 0 aliphatic carbocycles. The van der Waals surface area contributed by atoms with Crippen LogP contribution in [0.3, 0.4) is 0 Å². The highest BCUT2D eigenvalue weighted by molar-refractivity contribution is 7.47. The zero-order chi connectivity index (χ0) is 71.1. The van der Waals surface area contributed by atoms with Gasteiger partial charge in [-0.1, -0.05) is 359 Å². The molecule has 1 N–H and O–H groups in total. The summed E-state index contributed by atoms with van der Waals surface area (Å²) in [5.74, 6) is -0.823. The largest absolute Gasteiger partial charge is 0.472 e. The van der Waals surface area contributed by atoms with Crippen molar-refractivity contribution in [3.05, 3.63) is 146 Å². The van der Waals surface area contributed by atoms with Crippen LogP contribution in [0.15, 0.2) is 146 Å². The van der Waals surface area contributed by atoms with E-state index in [9.17, 15) is 19.0 Å². The lowest BCUT2D eigenvalue weighted by Crippen LogP contribution is -2.37. The lowest BCUT2D eigenvalue weighted by atomic mass is 10.0. The molecule has 0 amide bonds. The molecule has 0 aromatic rings. The van der Waals surface area contributed by atoms with Crippen LogP contribution in [0.2, 0.25) is 0 Å². The van der Waals surface area contributed by atoms with Gasteiger partial charge in [-0.05, 0) is 122 Å².